The van der Waals surface area contributed by atoms with Crippen LogP contribution in [0.2, 0.25) is 0 Å². The van der Waals surface area contributed by atoms with Crippen LogP contribution in [0.3, 0.4) is 0 Å². The van der Waals surface area contributed by atoms with E-state index < -0.39 is 0 Å². The summed E-state index contributed by atoms with van der Waals surface area (Å²) in [6, 6.07) is 5.76. The minimum absolute atomic E-state index is 0.0263. The molecule has 0 aliphatic carbocycles. The fraction of sp³-hybridized carbons (Fsp3) is 0.462. The first-order valence-corrected chi connectivity index (χ1v) is 6.38. The Morgan fingerprint density at radius 3 is 2.53 bits per heavy atom. The molecule has 0 aromatic heterocycles. The molecule has 0 radical (unpaired) electrons. The summed E-state index contributed by atoms with van der Waals surface area (Å²) in [5.74, 6) is -0.0263. The van der Waals surface area contributed by atoms with Crippen LogP contribution >= 0.6 is 15.9 Å². The molecular weight excluding hydrogens is 280 g/mol. The van der Waals surface area contributed by atoms with E-state index in [4.69, 9.17) is 0 Å². The van der Waals surface area contributed by atoms with Gasteiger partial charge in [0.25, 0.3) is 0 Å². The molecule has 1 rings (SSSR count). The molecule has 4 heteroatoms. The van der Waals surface area contributed by atoms with Gasteiger partial charge in [-0.1, -0.05) is 15.9 Å². The Kier molecular flexibility index (Phi) is 4.71. The van der Waals surface area contributed by atoms with Crippen LogP contribution in [0.15, 0.2) is 22.7 Å². The van der Waals surface area contributed by atoms with E-state index in [0.29, 0.717) is 6.54 Å². The smallest absolute Gasteiger partial charge is 0.238 e. The molecule has 0 aliphatic heterocycles. The van der Waals surface area contributed by atoms with E-state index in [1.54, 1.807) is 0 Å². The normalized spacial score (nSPS) is 11.4. The van der Waals surface area contributed by atoms with Gasteiger partial charge in [0.05, 0.1) is 6.54 Å². The Morgan fingerprint density at radius 1 is 1.35 bits per heavy atom. The molecule has 0 unspecified atom stereocenters. The van der Waals surface area contributed by atoms with Crippen LogP contribution < -0.4 is 10.6 Å². The van der Waals surface area contributed by atoms with Gasteiger partial charge in [-0.3, -0.25) is 4.79 Å². The first kappa shape index (κ1) is 14.2. The second kappa shape index (κ2) is 5.65. The number of hydrogen-bond donors (Lipinski definition) is 2. The molecule has 1 amide bonds. The molecule has 0 saturated heterocycles. The molecule has 1 aromatic rings. The lowest BCUT2D eigenvalue weighted by molar-refractivity contribution is -0.115. The van der Waals surface area contributed by atoms with Crippen LogP contribution in [0, 0.1) is 6.92 Å². The summed E-state index contributed by atoms with van der Waals surface area (Å²) >= 11 is 3.43. The quantitative estimate of drug-likeness (QED) is 0.900. The summed E-state index contributed by atoms with van der Waals surface area (Å²) in [7, 11) is 0. The Bertz CT molecular complexity index is 410. The minimum atomic E-state index is -0.0486. The molecule has 3 nitrogen and oxygen atoms in total. The topological polar surface area (TPSA) is 41.1 Å². The lowest BCUT2D eigenvalue weighted by atomic mass is 10.1. The molecule has 0 saturated carbocycles. The molecule has 1 aromatic carbocycles. The van der Waals surface area contributed by atoms with E-state index in [0.717, 1.165) is 15.7 Å². The highest BCUT2D eigenvalue weighted by Crippen LogP contribution is 2.19. The van der Waals surface area contributed by atoms with Crippen molar-refractivity contribution < 1.29 is 4.79 Å². The number of benzene rings is 1. The lowest BCUT2D eigenvalue weighted by Gasteiger charge is -2.20. The Labute approximate surface area is 111 Å². The zero-order valence-electron chi connectivity index (χ0n) is 10.7. The average molecular weight is 299 g/mol. The summed E-state index contributed by atoms with van der Waals surface area (Å²) < 4.78 is 1.04. The highest BCUT2D eigenvalue weighted by molar-refractivity contribution is 9.10. The van der Waals surface area contributed by atoms with Crippen LogP contribution in [-0.2, 0) is 4.79 Å². The summed E-state index contributed by atoms with van der Waals surface area (Å²) in [5.41, 5.74) is 1.88. The maximum atomic E-state index is 11.7. The highest BCUT2D eigenvalue weighted by atomic mass is 79.9. The largest absolute Gasteiger partial charge is 0.325 e. The fourth-order valence-electron chi connectivity index (χ4n) is 1.27. The number of hydrogen-bond acceptors (Lipinski definition) is 2. The van der Waals surface area contributed by atoms with Crippen molar-refractivity contribution in [1.82, 2.24) is 5.32 Å². The van der Waals surface area contributed by atoms with Crippen molar-refractivity contribution in [3.05, 3.63) is 28.2 Å². The van der Waals surface area contributed by atoms with Gasteiger partial charge in [-0.05, 0) is 51.5 Å². The Hall–Kier alpha value is -0.870. The third-order valence-corrected chi connectivity index (χ3v) is 3.11. The number of halogens is 1. The van der Waals surface area contributed by atoms with Gasteiger partial charge >= 0.3 is 0 Å². The summed E-state index contributed by atoms with van der Waals surface area (Å²) in [6.07, 6.45) is 0. The van der Waals surface area contributed by atoms with Gasteiger partial charge in [0.15, 0.2) is 0 Å². The molecular formula is C13H19BrN2O. The summed E-state index contributed by atoms with van der Waals surface area (Å²) in [5, 5.41) is 6.01. The molecule has 0 fully saturated rings. The highest BCUT2D eigenvalue weighted by Gasteiger charge is 2.11. The van der Waals surface area contributed by atoms with Crippen molar-refractivity contribution in [2.24, 2.45) is 0 Å². The Balaban J connectivity index is 2.54. The SMILES string of the molecule is Cc1cc(NC(=O)CNC(C)(C)C)ccc1Br. The predicted molar refractivity (Wildman–Crippen MR) is 75.3 cm³/mol. The standard InChI is InChI=1S/C13H19BrN2O/c1-9-7-10(5-6-11(9)14)16-12(17)8-15-13(2,3)4/h5-7,15H,8H2,1-4H3,(H,16,17). The third kappa shape index (κ3) is 5.33. The van der Waals surface area contributed by atoms with E-state index in [1.165, 1.54) is 0 Å². The predicted octanol–water partition coefficient (Wildman–Crippen LogP) is 3.08. The van der Waals surface area contributed by atoms with E-state index in [1.807, 2.05) is 45.9 Å². The summed E-state index contributed by atoms with van der Waals surface area (Å²) in [6.45, 7) is 8.41. The van der Waals surface area contributed by atoms with Crippen molar-refractivity contribution in [3.8, 4) is 0 Å². The number of carbonyl (C=O) groups is 1. The number of carbonyl (C=O) groups excluding carboxylic acids is 1. The fourth-order valence-corrected chi connectivity index (χ4v) is 1.52. The summed E-state index contributed by atoms with van der Waals surface area (Å²) in [4.78, 5) is 11.7. The van der Waals surface area contributed by atoms with Gasteiger partial charge in [-0.15, -0.1) is 0 Å². The van der Waals surface area contributed by atoms with E-state index in [-0.39, 0.29) is 11.4 Å². The second-order valence-corrected chi connectivity index (χ2v) is 5.97. The maximum absolute atomic E-state index is 11.7. The van der Waals surface area contributed by atoms with Crippen molar-refractivity contribution in [1.29, 1.82) is 0 Å². The van der Waals surface area contributed by atoms with Crippen LogP contribution in [0.25, 0.3) is 0 Å². The van der Waals surface area contributed by atoms with Gasteiger partial charge in [0, 0.05) is 15.7 Å². The zero-order chi connectivity index (χ0) is 13.1. The number of aryl methyl sites for hydroxylation is 1. The van der Waals surface area contributed by atoms with Crippen LogP contribution in [0.4, 0.5) is 5.69 Å². The van der Waals surface area contributed by atoms with Crippen molar-refractivity contribution >= 4 is 27.5 Å². The molecule has 17 heavy (non-hydrogen) atoms. The zero-order valence-corrected chi connectivity index (χ0v) is 12.3. The minimum Gasteiger partial charge on any atom is -0.325 e. The molecule has 0 heterocycles. The molecule has 94 valence electrons. The molecule has 0 bridgehead atoms. The van der Waals surface area contributed by atoms with E-state index in [2.05, 4.69) is 26.6 Å². The number of rotatable bonds is 3. The molecule has 0 spiro atoms. The van der Waals surface area contributed by atoms with Crippen LogP contribution in [0.5, 0.6) is 0 Å². The molecule has 0 atom stereocenters. The lowest BCUT2D eigenvalue weighted by Crippen LogP contribution is -2.41. The van der Waals surface area contributed by atoms with Gasteiger partial charge in [-0.2, -0.15) is 0 Å². The first-order valence-electron chi connectivity index (χ1n) is 5.59. The monoisotopic (exact) mass is 298 g/mol. The van der Waals surface area contributed by atoms with Crippen LogP contribution in [-0.4, -0.2) is 18.0 Å². The van der Waals surface area contributed by atoms with Crippen molar-refractivity contribution in [3.63, 3.8) is 0 Å². The van der Waals surface area contributed by atoms with Crippen molar-refractivity contribution in [2.45, 2.75) is 33.2 Å². The maximum Gasteiger partial charge on any atom is 0.238 e. The Morgan fingerprint density at radius 2 is 2.00 bits per heavy atom. The molecule has 2 N–H and O–H groups in total. The van der Waals surface area contributed by atoms with E-state index in [9.17, 15) is 4.79 Å². The average Bonchev–Trinajstić information content (AvgIpc) is 2.20. The third-order valence-electron chi connectivity index (χ3n) is 2.22. The van der Waals surface area contributed by atoms with Gasteiger partial charge in [-0.25, -0.2) is 0 Å². The number of nitrogens with one attached hydrogen (secondary N) is 2. The van der Waals surface area contributed by atoms with Gasteiger partial charge < -0.3 is 10.6 Å². The van der Waals surface area contributed by atoms with Gasteiger partial charge in [0.2, 0.25) is 5.91 Å². The second-order valence-electron chi connectivity index (χ2n) is 5.12. The van der Waals surface area contributed by atoms with Crippen molar-refractivity contribution in [2.75, 3.05) is 11.9 Å². The first-order chi connectivity index (χ1) is 7.78. The number of anilines is 1. The number of amides is 1. The van der Waals surface area contributed by atoms with E-state index >= 15 is 0 Å². The molecule has 0 aliphatic rings. The van der Waals surface area contributed by atoms with Gasteiger partial charge in [0.1, 0.15) is 0 Å². The van der Waals surface area contributed by atoms with Crippen LogP contribution in [0.1, 0.15) is 26.3 Å².